The molecule has 0 bridgehead atoms. The highest BCUT2D eigenvalue weighted by molar-refractivity contribution is 7.15. The van der Waals surface area contributed by atoms with Crippen molar-refractivity contribution in [3.63, 3.8) is 0 Å². The standard InChI is InChI=1S/C19H16FN3O2S/c20-15-9-6-14(7-10-15)8-11-17(24)21-19-23-22-18(26-19)12-13-25-16-4-2-1-3-5-16/h1-11H,12-13H2,(H,21,23,24)/b11-8+. The Morgan fingerprint density at radius 1 is 1.12 bits per heavy atom. The number of amides is 1. The highest BCUT2D eigenvalue weighted by atomic mass is 32.1. The maximum Gasteiger partial charge on any atom is 0.250 e. The zero-order valence-electron chi connectivity index (χ0n) is 13.8. The number of carbonyl (C=O) groups is 1. The summed E-state index contributed by atoms with van der Waals surface area (Å²) < 4.78 is 18.4. The van der Waals surface area contributed by atoms with E-state index in [-0.39, 0.29) is 11.7 Å². The first-order chi connectivity index (χ1) is 12.7. The van der Waals surface area contributed by atoms with Crippen molar-refractivity contribution in [3.05, 3.63) is 77.1 Å². The molecule has 3 aromatic rings. The summed E-state index contributed by atoms with van der Waals surface area (Å²) in [4.78, 5) is 11.9. The lowest BCUT2D eigenvalue weighted by atomic mass is 10.2. The second-order valence-electron chi connectivity index (χ2n) is 5.29. The summed E-state index contributed by atoms with van der Waals surface area (Å²) in [7, 11) is 0. The predicted octanol–water partition coefficient (Wildman–Crippen LogP) is 3.95. The Labute approximate surface area is 154 Å². The Kier molecular flexibility index (Phi) is 6.05. The first kappa shape index (κ1) is 17.8. The molecule has 0 aliphatic heterocycles. The topological polar surface area (TPSA) is 64.1 Å². The largest absolute Gasteiger partial charge is 0.493 e. The maximum absolute atomic E-state index is 12.8. The Morgan fingerprint density at radius 3 is 2.65 bits per heavy atom. The van der Waals surface area contributed by atoms with E-state index in [9.17, 15) is 9.18 Å². The highest BCUT2D eigenvalue weighted by Gasteiger charge is 2.06. The molecule has 1 amide bonds. The lowest BCUT2D eigenvalue weighted by Crippen LogP contribution is -2.07. The van der Waals surface area contributed by atoms with Crippen LogP contribution in [0.5, 0.6) is 5.75 Å². The third kappa shape index (κ3) is 5.49. The van der Waals surface area contributed by atoms with Gasteiger partial charge in [-0.25, -0.2) is 4.39 Å². The molecule has 0 fully saturated rings. The molecule has 1 N–H and O–H groups in total. The second kappa shape index (κ2) is 8.87. The number of aromatic nitrogens is 2. The fourth-order valence-corrected chi connectivity index (χ4v) is 2.79. The van der Waals surface area contributed by atoms with E-state index in [1.165, 1.54) is 29.5 Å². The molecular formula is C19H16FN3O2S. The van der Waals surface area contributed by atoms with Crippen LogP contribution in [0.3, 0.4) is 0 Å². The van der Waals surface area contributed by atoms with Crippen molar-refractivity contribution < 1.29 is 13.9 Å². The van der Waals surface area contributed by atoms with Crippen molar-refractivity contribution in [1.82, 2.24) is 10.2 Å². The van der Waals surface area contributed by atoms with Crippen LogP contribution < -0.4 is 10.1 Å². The quantitative estimate of drug-likeness (QED) is 0.641. The summed E-state index contributed by atoms with van der Waals surface area (Å²) in [5, 5.41) is 11.8. The molecule has 0 spiro atoms. The molecule has 0 saturated heterocycles. The van der Waals surface area contributed by atoms with Crippen LogP contribution in [0.15, 0.2) is 60.7 Å². The molecule has 0 atom stereocenters. The minimum atomic E-state index is -0.322. The lowest BCUT2D eigenvalue weighted by Gasteiger charge is -2.03. The number of hydrogen-bond donors (Lipinski definition) is 1. The van der Waals surface area contributed by atoms with Crippen molar-refractivity contribution >= 4 is 28.5 Å². The van der Waals surface area contributed by atoms with Gasteiger partial charge in [0.05, 0.1) is 6.61 Å². The van der Waals surface area contributed by atoms with Crippen LogP contribution in [-0.4, -0.2) is 22.7 Å². The van der Waals surface area contributed by atoms with Crippen molar-refractivity contribution in [2.45, 2.75) is 6.42 Å². The van der Waals surface area contributed by atoms with Gasteiger partial charge in [0.1, 0.15) is 16.6 Å². The molecule has 0 unspecified atom stereocenters. The summed E-state index contributed by atoms with van der Waals surface area (Å²) in [6, 6.07) is 15.4. The summed E-state index contributed by atoms with van der Waals surface area (Å²) in [6.45, 7) is 0.483. The molecule has 5 nitrogen and oxygen atoms in total. The molecule has 2 aromatic carbocycles. The average Bonchev–Trinajstić information content (AvgIpc) is 3.09. The van der Waals surface area contributed by atoms with E-state index in [4.69, 9.17) is 4.74 Å². The summed E-state index contributed by atoms with van der Waals surface area (Å²) in [5.74, 6) is 0.165. The number of ether oxygens (including phenoxy) is 1. The van der Waals surface area contributed by atoms with E-state index in [0.29, 0.717) is 18.2 Å². The average molecular weight is 369 g/mol. The van der Waals surface area contributed by atoms with Gasteiger partial charge in [-0.3, -0.25) is 10.1 Å². The molecule has 132 valence electrons. The Balaban J connectivity index is 1.46. The van der Waals surface area contributed by atoms with Crippen molar-refractivity contribution in [1.29, 1.82) is 0 Å². The van der Waals surface area contributed by atoms with Crippen LogP contribution in [0.1, 0.15) is 10.6 Å². The molecule has 7 heteroatoms. The van der Waals surface area contributed by atoms with Gasteiger partial charge < -0.3 is 4.74 Å². The molecule has 1 aromatic heterocycles. The van der Waals surface area contributed by atoms with Crippen LogP contribution in [0, 0.1) is 5.82 Å². The van der Waals surface area contributed by atoms with Gasteiger partial charge in [0.25, 0.3) is 0 Å². The lowest BCUT2D eigenvalue weighted by molar-refractivity contribution is -0.111. The molecule has 1 heterocycles. The van der Waals surface area contributed by atoms with Crippen LogP contribution in [0.2, 0.25) is 0 Å². The Bertz CT molecular complexity index is 879. The molecule has 26 heavy (non-hydrogen) atoms. The first-order valence-electron chi connectivity index (χ1n) is 7.94. The fourth-order valence-electron chi connectivity index (χ4n) is 2.07. The van der Waals surface area contributed by atoms with Gasteiger partial charge in [-0.1, -0.05) is 41.7 Å². The van der Waals surface area contributed by atoms with Gasteiger partial charge in [-0.2, -0.15) is 0 Å². The minimum Gasteiger partial charge on any atom is -0.493 e. The van der Waals surface area contributed by atoms with E-state index in [1.54, 1.807) is 18.2 Å². The van der Waals surface area contributed by atoms with E-state index in [2.05, 4.69) is 15.5 Å². The van der Waals surface area contributed by atoms with Crippen LogP contribution in [0.25, 0.3) is 6.08 Å². The normalized spacial score (nSPS) is 10.8. The number of nitrogens with zero attached hydrogens (tertiary/aromatic N) is 2. The van der Waals surface area contributed by atoms with E-state index in [0.717, 1.165) is 16.3 Å². The monoisotopic (exact) mass is 369 g/mol. The number of para-hydroxylation sites is 1. The Morgan fingerprint density at radius 2 is 1.88 bits per heavy atom. The van der Waals surface area contributed by atoms with Gasteiger partial charge in [-0.15, -0.1) is 10.2 Å². The molecule has 3 rings (SSSR count). The number of nitrogens with one attached hydrogen (secondary N) is 1. The van der Waals surface area contributed by atoms with Gasteiger partial charge in [0.2, 0.25) is 11.0 Å². The van der Waals surface area contributed by atoms with Gasteiger partial charge in [0, 0.05) is 12.5 Å². The van der Waals surface area contributed by atoms with Crippen LogP contribution >= 0.6 is 11.3 Å². The summed E-state index contributed by atoms with van der Waals surface area (Å²) in [5.41, 5.74) is 0.734. The predicted molar refractivity (Wildman–Crippen MR) is 99.6 cm³/mol. The van der Waals surface area contributed by atoms with Crippen LogP contribution in [0.4, 0.5) is 9.52 Å². The first-order valence-corrected chi connectivity index (χ1v) is 8.75. The van der Waals surface area contributed by atoms with Crippen molar-refractivity contribution in [3.8, 4) is 5.75 Å². The number of benzene rings is 2. The summed E-state index contributed by atoms with van der Waals surface area (Å²) in [6.07, 6.45) is 3.57. The highest BCUT2D eigenvalue weighted by Crippen LogP contribution is 2.16. The maximum atomic E-state index is 12.8. The zero-order chi connectivity index (χ0) is 18.2. The smallest absolute Gasteiger partial charge is 0.250 e. The number of hydrogen-bond acceptors (Lipinski definition) is 5. The number of carbonyl (C=O) groups excluding carboxylic acids is 1. The molecule has 0 aliphatic carbocycles. The zero-order valence-corrected chi connectivity index (χ0v) is 14.6. The van der Waals surface area contributed by atoms with Crippen molar-refractivity contribution in [2.75, 3.05) is 11.9 Å². The third-order valence-electron chi connectivity index (χ3n) is 3.32. The molecule has 0 saturated carbocycles. The van der Waals surface area contributed by atoms with E-state index >= 15 is 0 Å². The van der Waals surface area contributed by atoms with E-state index < -0.39 is 0 Å². The van der Waals surface area contributed by atoms with Crippen LogP contribution in [-0.2, 0) is 11.2 Å². The van der Waals surface area contributed by atoms with Crippen molar-refractivity contribution in [2.24, 2.45) is 0 Å². The number of rotatable bonds is 7. The molecule has 0 aliphatic rings. The number of halogens is 1. The fraction of sp³-hybridized carbons (Fsp3) is 0.105. The SMILES string of the molecule is O=C(/C=C/c1ccc(F)cc1)Nc1nnc(CCOc2ccccc2)s1. The Hall–Kier alpha value is -3.06. The second-order valence-corrected chi connectivity index (χ2v) is 6.35. The van der Waals surface area contributed by atoms with Gasteiger partial charge in [0.15, 0.2) is 0 Å². The number of anilines is 1. The third-order valence-corrected chi connectivity index (χ3v) is 4.22. The summed E-state index contributed by atoms with van der Waals surface area (Å²) >= 11 is 1.30. The molecule has 0 radical (unpaired) electrons. The van der Waals surface area contributed by atoms with Gasteiger partial charge in [-0.05, 0) is 35.9 Å². The van der Waals surface area contributed by atoms with E-state index in [1.807, 2.05) is 30.3 Å². The van der Waals surface area contributed by atoms with Gasteiger partial charge >= 0.3 is 0 Å². The molecular weight excluding hydrogens is 353 g/mol. The minimum absolute atomic E-state index is 0.316.